The van der Waals surface area contributed by atoms with E-state index >= 15 is 0 Å². The fourth-order valence-electron chi connectivity index (χ4n) is 1.86. The maximum absolute atomic E-state index is 13.4. The fourth-order valence-corrected chi connectivity index (χ4v) is 3.77. The Labute approximate surface area is 134 Å². The third-order valence-corrected chi connectivity index (χ3v) is 5.03. The first-order valence-corrected chi connectivity index (χ1v) is 8.25. The molecule has 0 radical (unpaired) electrons. The summed E-state index contributed by atoms with van der Waals surface area (Å²) in [6.45, 7) is 0. The average molecular weight is 333 g/mol. The zero-order chi connectivity index (χ0) is 15.5. The maximum atomic E-state index is 13.4. The van der Waals surface area contributed by atoms with Crippen LogP contribution in [0.4, 0.5) is 15.8 Å². The lowest BCUT2D eigenvalue weighted by molar-refractivity contribution is -0.113. The highest BCUT2D eigenvalue weighted by atomic mass is 32.2. The van der Waals surface area contributed by atoms with Crippen molar-refractivity contribution in [2.24, 2.45) is 0 Å². The summed E-state index contributed by atoms with van der Waals surface area (Å²) >= 11 is 2.80. The molecule has 2 aromatic carbocycles. The normalized spacial score (nSPS) is 10.8. The van der Waals surface area contributed by atoms with E-state index < -0.39 is 5.82 Å². The Hall–Kier alpha value is -2.12. The molecule has 0 atom stereocenters. The molecule has 1 heterocycles. The van der Waals surface area contributed by atoms with Crippen molar-refractivity contribution >= 4 is 50.6 Å². The van der Waals surface area contributed by atoms with Crippen LogP contribution in [0.2, 0.25) is 0 Å². The zero-order valence-electron chi connectivity index (χ0n) is 11.4. The summed E-state index contributed by atoms with van der Waals surface area (Å²) in [5.74, 6) is -0.547. The van der Waals surface area contributed by atoms with E-state index in [1.54, 1.807) is 18.2 Å². The van der Waals surface area contributed by atoms with Gasteiger partial charge in [0.25, 0.3) is 0 Å². The van der Waals surface area contributed by atoms with Crippen molar-refractivity contribution in [1.29, 1.82) is 0 Å². The molecule has 0 saturated carbocycles. The molecule has 0 aliphatic rings. The molecule has 3 rings (SSSR count). The van der Waals surface area contributed by atoms with Gasteiger partial charge in [-0.05, 0) is 30.3 Å². The summed E-state index contributed by atoms with van der Waals surface area (Å²) in [5, 5.41) is 2.55. The molecule has 0 aliphatic carbocycles. The summed E-state index contributed by atoms with van der Waals surface area (Å²) in [7, 11) is 0. The van der Waals surface area contributed by atoms with Gasteiger partial charge in [-0.25, -0.2) is 9.37 Å². The lowest BCUT2D eigenvalue weighted by atomic mass is 10.3. The van der Waals surface area contributed by atoms with Crippen LogP contribution in [-0.4, -0.2) is 16.6 Å². The molecule has 4 nitrogen and oxygen atoms in total. The highest BCUT2D eigenvalue weighted by molar-refractivity contribution is 8.01. The standard InChI is InChI=1S/C15H12FN3OS2/c16-10-3-1-2-4-11(10)18-14(20)8-21-15-19-12-6-5-9(17)7-13(12)22-15/h1-7H,8,17H2,(H,18,20). The number of nitrogens with two attached hydrogens (primary N) is 1. The van der Waals surface area contributed by atoms with Crippen LogP contribution in [0.15, 0.2) is 46.8 Å². The van der Waals surface area contributed by atoms with Gasteiger partial charge in [-0.3, -0.25) is 4.79 Å². The molecular weight excluding hydrogens is 321 g/mol. The minimum absolute atomic E-state index is 0.170. The van der Waals surface area contributed by atoms with Crippen LogP contribution < -0.4 is 11.1 Å². The fraction of sp³-hybridized carbons (Fsp3) is 0.0667. The van der Waals surface area contributed by atoms with Crippen LogP contribution in [-0.2, 0) is 4.79 Å². The molecule has 0 unspecified atom stereocenters. The molecule has 1 aromatic heterocycles. The number of thioether (sulfide) groups is 1. The van der Waals surface area contributed by atoms with Crippen LogP contribution >= 0.6 is 23.1 Å². The van der Waals surface area contributed by atoms with Crippen LogP contribution in [0, 0.1) is 5.82 Å². The number of hydrogen-bond donors (Lipinski definition) is 2. The average Bonchev–Trinajstić information content (AvgIpc) is 2.89. The molecule has 0 saturated heterocycles. The minimum Gasteiger partial charge on any atom is -0.399 e. The van der Waals surface area contributed by atoms with E-state index in [-0.39, 0.29) is 17.3 Å². The van der Waals surface area contributed by atoms with Crippen molar-refractivity contribution in [1.82, 2.24) is 4.98 Å². The number of nitrogen functional groups attached to an aromatic ring is 1. The van der Waals surface area contributed by atoms with Crippen LogP contribution in [0.1, 0.15) is 0 Å². The summed E-state index contributed by atoms with van der Waals surface area (Å²) in [6, 6.07) is 11.6. The number of nitrogens with zero attached hydrogens (tertiary/aromatic N) is 1. The molecular formula is C15H12FN3OS2. The lowest BCUT2D eigenvalue weighted by Gasteiger charge is -2.04. The van der Waals surface area contributed by atoms with E-state index in [4.69, 9.17) is 5.73 Å². The number of aromatic nitrogens is 1. The first-order chi connectivity index (χ1) is 10.6. The first kappa shape index (κ1) is 14.8. The van der Waals surface area contributed by atoms with E-state index in [2.05, 4.69) is 10.3 Å². The van der Waals surface area contributed by atoms with Crippen LogP contribution in [0.25, 0.3) is 10.2 Å². The summed E-state index contributed by atoms with van der Waals surface area (Å²) in [5.41, 5.74) is 7.46. The Balaban J connectivity index is 1.63. The molecule has 0 spiro atoms. The second-order valence-corrected chi connectivity index (χ2v) is 6.78. The Morgan fingerprint density at radius 3 is 2.95 bits per heavy atom. The monoisotopic (exact) mass is 333 g/mol. The number of hydrogen-bond acceptors (Lipinski definition) is 5. The largest absolute Gasteiger partial charge is 0.399 e. The third-order valence-electron chi connectivity index (χ3n) is 2.87. The second-order valence-electron chi connectivity index (χ2n) is 4.52. The third kappa shape index (κ3) is 3.37. The van der Waals surface area contributed by atoms with Gasteiger partial charge in [0.15, 0.2) is 4.34 Å². The zero-order valence-corrected chi connectivity index (χ0v) is 13.0. The van der Waals surface area contributed by atoms with E-state index in [0.29, 0.717) is 5.69 Å². The van der Waals surface area contributed by atoms with E-state index in [9.17, 15) is 9.18 Å². The van der Waals surface area contributed by atoms with Gasteiger partial charge in [-0.2, -0.15) is 0 Å². The Morgan fingerprint density at radius 2 is 2.14 bits per heavy atom. The predicted octanol–water partition coefficient (Wildman–Crippen LogP) is 3.75. The smallest absolute Gasteiger partial charge is 0.234 e. The number of anilines is 2. The number of carbonyl (C=O) groups excluding carboxylic acids is 1. The molecule has 3 aromatic rings. The van der Waals surface area contributed by atoms with Gasteiger partial charge < -0.3 is 11.1 Å². The van der Waals surface area contributed by atoms with Gasteiger partial charge in [0.2, 0.25) is 5.91 Å². The topological polar surface area (TPSA) is 68.0 Å². The molecule has 112 valence electrons. The number of amides is 1. The van der Waals surface area contributed by atoms with E-state index in [1.165, 1.54) is 35.2 Å². The van der Waals surface area contributed by atoms with Gasteiger partial charge in [-0.15, -0.1) is 11.3 Å². The van der Waals surface area contributed by atoms with E-state index in [0.717, 1.165) is 14.6 Å². The predicted molar refractivity (Wildman–Crippen MR) is 89.8 cm³/mol. The van der Waals surface area contributed by atoms with Crippen LogP contribution in [0.3, 0.4) is 0 Å². The Morgan fingerprint density at radius 1 is 1.32 bits per heavy atom. The van der Waals surface area contributed by atoms with Crippen molar-refractivity contribution in [3.63, 3.8) is 0 Å². The Kier molecular flexibility index (Phi) is 4.26. The van der Waals surface area contributed by atoms with Gasteiger partial charge in [-0.1, -0.05) is 23.9 Å². The second kappa shape index (κ2) is 6.33. The number of fused-ring (bicyclic) bond motifs is 1. The molecule has 3 N–H and O–H groups in total. The number of rotatable bonds is 4. The Bertz CT molecular complexity index is 835. The number of para-hydroxylation sites is 1. The minimum atomic E-state index is -0.448. The van der Waals surface area contributed by atoms with Crippen molar-refractivity contribution in [2.75, 3.05) is 16.8 Å². The first-order valence-electron chi connectivity index (χ1n) is 6.45. The SMILES string of the molecule is Nc1ccc2nc(SCC(=O)Nc3ccccc3F)sc2c1. The highest BCUT2D eigenvalue weighted by Crippen LogP contribution is 2.30. The summed E-state index contributed by atoms with van der Waals surface area (Å²) < 4.78 is 15.2. The number of benzene rings is 2. The number of carbonyl (C=O) groups is 1. The molecule has 0 bridgehead atoms. The summed E-state index contributed by atoms with van der Waals surface area (Å²) in [4.78, 5) is 16.3. The van der Waals surface area contributed by atoms with Crippen molar-refractivity contribution < 1.29 is 9.18 Å². The maximum Gasteiger partial charge on any atom is 0.234 e. The summed E-state index contributed by atoms with van der Waals surface area (Å²) in [6.07, 6.45) is 0. The highest BCUT2D eigenvalue weighted by Gasteiger charge is 2.10. The van der Waals surface area contributed by atoms with Crippen molar-refractivity contribution in [3.05, 3.63) is 48.3 Å². The molecule has 7 heteroatoms. The number of nitrogens with one attached hydrogen (secondary N) is 1. The molecule has 0 fully saturated rings. The van der Waals surface area contributed by atoms with E-state index in [1.807, 2.05) is 12.1 Å². The van der Waals surface area contributed by atoms with Gasteiger partial charge in [0.1, 0.15) is 5.82 Å². The van der Waals surface area contributed by atoms with Gasteiger partial charge in [0, 0.05) is 5.69 Å². The van der Waals surface area contributed by atoms with Gasteiger partial charge in [0.05, 0.1) is 21.7 Å². The lowest BCUT2D eigenvalue weighted by Crippen LogP contribution is -2.14. The van der Waals surface area contributed by atoms with Crippen molar-refractivity contribution in [3.8, 4) is 0 Å². The van der Waals surface area contributed by atoms with Crippen LogP contribution in [0.5, 0.6) is 0 Å². The number of thiazole rings is 1. The quantitative estimate of drug-likeness (QED) is 0.564. The molecule has 1 amide bonds. The molecule has 0 aliphatic heterocycles. The van der Waals surface area contributed by atoms with Crippen molar-refractivity contribution in [2.45, 2.75) is 4.34 Å². The van der Waals surface area contributed by atoms with Gasteiger partial charge >= 0.3 is 0 Å². The molecule has 22 heavy (non-hydrogen) atoms. The number of halogens is 1.